The van der Waals surface area contributed by atoms with Crippen molar-refractivity contribution >= 4 is 17.4 Å². The first-order valence-corrected chi connectivity index (χ1v) is 3.86. The van der Waals surface area contributed by atoms with Crippen molar-refractivity contribution in [2.75, 3.05) is 5.73 Å². The highest BCUT2D eigenvalue weighted by molar-refractivity contribution is 6.11. The van der Waals surface area contributed by atoms with Crippen LogP contribution in [-0.4, -0.2) is 16.9 Å². The number of anilines is 1. The third-order valence-corrected chi connectivity index (χ3v) is 1.72. The second-order valence-corrected chi connectivity index (χ2v) is 2.68. The molecule has 3 N–H and O–H groups in total. The van der Waals surface area contributed by atoms with E-state index in [0.29, 0.717) is 5.69 Å². The van der Waals surface area contributed by atoms with Crippen LogP contribution in [0, 0.1) is 0 Å². The molecular formula is C10H9NO3. The Morgan fingerprint density at radius 3 is 2.50 bits per heavy atom. The summed E-state index contributed by atoms with van der Waals surface area (Å²) in [6, 6.07) is 4.10. The van der Waals surface area contributed by atoms with Crippen molar-refractivity contribution < 1.29 is 14.7 Å². The summed E-state index contributed by atoms with van der Waals surface area (Å²) in [6.07, 6.45) is 1.07. The van der Waals surface area contributed by atoms with E-state index in [-0.39, 0.29) is 11.1 Å². The Morgan fingerprint density at radius 1 is 1.36 bits per heavy atom. The molecule has 0 fully saturated rings. The molecule has 0 amide bonds. The van der Waals surface area contributed by atoms with Crippen molar-refractivity contribution in [2.45, 2.75) is 0 Å². The van der Waals surface area contributed by atoms with Crippen LogP contribution in [0.1, 0.15) is 20.7 Å². The fourth-order valence-corrected chi connectivity index (χ4v) is 1.06. The molecule has 0 heterocycles. The molecule has 0 aliphatic rings. The maximum Gasteiger partial charge on any atom is 0.336 e. The highest BCUT2D eigenvalue weighted by Gasteiger charge is 2.14. The highest BCUT2D eigenvalue weighted by atomic mass is 16.4. The summed E-state index contributed by atoms with van der Waals surface area (Å²) in [5.41, 5.74) is 5.71. The lowest BCUT2D eigenvalue weighted by atomic mass is 10.0. The van der Waals surface area contributed by atoms with Gasteiger partial charge in [-0.2, -0.15) is 0 Å². The first-order valence-electron chi connectivity index (χ1n) is 3.86. The normalized spacial score (nSPS) is 9.43. The van der Waals surface area contributed by atoms with E-state index in [1.807, 2.05) is 0 Å². The Hall–Kier alpha value is -2.10. The number of allylic oxidation sites excluding steroid dienone is 1. The average Bonchev–Trinajstić information content (AvgIpc) is 2.16. The van der Waals surface area contributed by atoms with Gasteiger partial charge >= 0.3 is 5.97 Å². The first-order chi connectivity index (χ1) is 6.56. The molecular weight excluding hydrogens is 182 g/mol. The van der Waals surface area contributed by atoms with Crippen molar-refractivity contribution in [3.8, 4) is 0 Å². The van der Waals surface area contributed by atoms with Crippen LogP contribution in [0.2, 0.25) is 0 Å². The van der Waals surface area contributed by atoms with Gasteiger partial charge in [-0.3, -0.25) is 4.79 Å². The van der Waals surface area contributed by atoms with Gasteiger partial charge in [-0.15, -0.1) is 0 Å². The van der Waals surface area contributed by atoms with E-state index < -0.39 is 11.8 Å². The van der Waals surface area contributed by atoms with Gasteiger partial charge < -0.3 is 10.8 Å². The predicted molar refractivity (Wildman–Crippen MR) is 52.3 cm³/mol. The minimum absolute atomic E-state index is 0.0988. The molecule has 0 saturated carbocycles. The number of nitrogens with two attached hydrogens (primary N) is 1. The number of nitrogen functional groups attached to an aromatic ring is 1. The summed E-state index contributed by atoms with van der Waals surface area (Å²) in [6.45, 7) is 3.29. The molecule has 0 aromatic heterocycles. The van der Waals surface area contributed by atoms with Crippen molar-refractivity contribution in [3.05, 3.63) is 42.0 Å². The number of rotatable bonds is 3. The molecule has 0 bridgehead atoms. The van der Waals surface area contributed by atoms with Crippen LogP contribution in [0.25, 0.3) is 0 Å². The zero-order chi connectivity index (χ0) is 10.7. The minimum atomic E-state index is -1.18. The topological polar surface area (TPSA) is 80.4 Å². The summed E-state index contributed by atoms with van der Waals surface area (Å²) in [4.78, 5) is 22.0. The van der Waals surface area contributed by atoms with E-state index in [1.165, 1.54) is 18.2 Å². The van der Waals surface area contributed by atoms with Crippen molar-refractivity contribution in [1.29, 1.82) is 0 Å². The number of carbonyl (C=O) groups excluding carboxylic acids is 1. The fraction of sp³-hybridized carbons (Fsp3) is 0. The van der Waals surface area contributed by atoms with Gasteiger partial charge in [0.05, 0.1) is 5.56 Å². The zero-order valence-corrected chi connectivity index (χ0v) is 7.36. The number of benzene rings is 1. The van der Waals surface area contributed by atoms with E-state index in [1.54, 1.807) is 0 Å². The molecule has 0 saturated heterocycles. The van der Waals surface area contributed by atoms with Gasteiger partial charge in [0.25, 0.3) is 0 Å². The molecule has 1 aromatic rings. The molecule has 0 unspecified atom stereocenters. The van der Waals surface area contributed by atoms with Gasteiger partial charge in [0.15, 0.2) is 5.78 Å². The summed E-state index contributed by atoms with van der Waals surface area (Å²) < 4.78 is 0. The average molecular weight is 191 g/mol. The van der Waals surface area contributed by atoms with Gasteiger partial charge in [0, 0.05) is 11.3 Å². The van der Waals surface area contributed by atoms with Gasteiger partial charge in [-0.05, 0) is 24.3 Å². The second-order valence-electron chi connectivity index (χ2n) is 2.68. The van der Waals surface area contributed by atoms with E-state index in [9.17, 15) is 9.59 Å². The van der Waals surface area contributed by atoms with E-state index >= 15 is 0 Å². The second kappa shape index (κ2) is 3.74. The Balaban J connectivity index is 3.35. The lowest BCUT2D eigenvalue weighted by Gasteiger charge is -2.02. The van der Waals surface area contributed by atoms with Gasteiger partial charge in [-0.25, -0.2) is 4.79 Å². The van der Waals surface area contributed by atoms with Crippen LogP contribution in [0.5, 0.6) is 0 Å². The van der Waals surface area contributed by atoms with Crippen LogP contribution in [0.15, 0.2) is 30.9 Å². The Kier molecular flexibility index (Phi) is 2.67. The molecule has 0 radical (unpaired) electrons. The zero-order valence-electron chi connectivity index (χ0n) is 7.36. The molecule has 4 heteroatoms. The summed E-state index contributed by atoms with van der Waals surface area (Å²) in [7, 11) is 0. The highest BCUT2D eigenvalue weighted by Crippen LogP contribution is 2.14. The summed E-state index contributed by atoms with van der Waals surface area (Å²) >= 11 is 0. The number of hydrogen-bond acceptors (Lipinski definition) is 3. The molecule has 1 aromatic carbocycles. The summed E-state index contributed by atoms with van der Waals surface area (Å²) in [5.74, 6) is -1.61. The molecule has 0 aliphatic heterocycles. The van der Waals surface area contributed by atoms with Gasteiger partial charge in [0.1, 0.15) is 0 Å². The Bertz CT molecular complexity index is 410. The van der Waals surface area contributed by atoms with Crippen LogP contribution in [0.3, 0.4) is 0 Å². The standard InChI is InChI=1S/C10H9NO3/c1-2-9(12)7-4-3-6(11)5-8(7)10(13)14/h2-5H,1,11H2,(H,13,14). The lowest BCUT2D eigenvalue weighted by Crippen LogP contribution is -2.07. The largest absolute Gasteiger partial charge is 0.478 e. The van der Waals surface area contributed by atoms with Gasteiger partial charge in [0.2, 0.25) is 0 Å². The molecule has 72 valence electrons. The number of carboxylic acids is 1. The maximum atomic E-state index is 11.2. The third kappa shape index (κ3) is 1.80. The van der Waals surface area contributed by atoms with E-state index in [0.717, 1.165) is 6.08 Å². The van der Waals surface area contributed by atoms with Crippen molar-refractivity contribution in [2.24, 2.45) is 0 Å². The predicted octanol–water partition coefficient (Wildman–Crippen LogP) is 1.34. The summed E-state index contributed by atoms with van der Waals surface area (Å²) in [5, 5.41) is 8.79. The first kappa shape index (κ1) is 9.98. The van der Waals surface area contributed by atoms with Gasteiger partial charge in [-0.1, -0.05) is 6.58 Å². The quantitative estimate of drug-likeness (QED) is 0.429. The number of carbonyl (C=O) groups is 2. The fourth-order valence-electron chi connectivity index (χ4n) is 1.06. The monoisotopic (exact) mass is 191 g/mol. The van der Waals surface area contributed by atoms with Crippen LogP contribution >= 0.6 is 0 Å². The smallest absolute Gasteiger partial charge is 0.336 e. The maximum absolute atomic E-state index is 11.2. The number of carboxylic acid groups (broad SMARTS) is 1. The van der Waals surface area contributed by atoms with E-state index in [4.69, 9.17) is 10.8 Å². The lowest BCUT2D eigenvalue weighted by molar-refractivity contribution is 0.0693. The Morgan fingerprint density at radius 2 is 2.00 bits per heavy atom. The third-order valence-electron chi connectivity index (χ3n) is 1.72. The van der Waals surface area contributed by atoms with Crippen LogP contribution < -0.4 is 5.73 Å². The molecule has 0 spiro atoms. The molecule has 0 aliphatic carbocycles. The van der Waals surface area contributed by atoms with Crippen molar-refractivity contribution in [1.82, 2.24) is 0 Å². The Labute approximate surface area is 80.7 Å². The molecule has 4 nitrogen and oxygen atoms in total. The van der Waals surface area contributed by atoms with Crippen LogP contribution in [-0.2, 0) is 0 Å². The number of ketones is 1. The van der Waals surface area contributed by atoms with E-state index in [2.05, 4.69) is 6.58 Å². The minimum Gasteiger partial charge on any atom is -0.478 e. The van der Waals surface area contributed by atoms with Crippen molar-refractivity contribution in [3.63, 3.8) is 0 Å². The molecule has 1 rings (SSSR count). The molecule has 0 atom stereocenters. The number of aromatic carboxylic acids is 1. The number of hydrogen-bond donors (Lipinski definition) is 2. The van der Waals surface area contributed by atoms with Crippen LogP contribution in [0.4, 0.5) is 5.69 Å². The SMILES string of the molecule is C=CC(=O)c1ccc(N)cc1C(=O)O. The molecule has 14 heavy (non-hydrogen) atoms.